The first-order valence-electron chi connectivity index (χ1n) is 8.42. The van der Waals surface area contributed by atoms with E-state index < -0.39 is 0 Å². The van der Waals surface area contributed by atoms with Crippen LogP contribution in [-0.4, -0.2) is 29.9 Å². The molecule has 21 heavy (non-hydrogen) atoms. The number of piperidine rings is 1. The molecule has 1 atom stereocenters. The van der Waals surface area contributed by atoms with E-state index in [-0.39, 0.29) is 11.9 Å². The number of carbonyl (C=O) groups excluding carboxylic acids is 1. The molecule has 1 fully saturated rings. The minimum Gasteiger partial charge on any atom is -0.374 e. The Balaban J connectivity index is 1.69. The molecule has 1 aromatic rings. The van der Waals surface area contributed by atoms with E-state index in [4.69, 9.17) is 0 Å². The van der Waals surface area contributed by atoms with Crippen molar-refractivity contribution < 1.29 is 4.79 Å². The highest BCUT2D eigenvalue weighted by atomic mass is 16.2. The first-order chi connectivity index (χ1) is 10.3. The fourth-order valence-corrected chi connectivity index (χ4v) is 3.60. The van der Waals surface area contributed by atoms with Crippen molar-refractivity contribution in [1.82, 2.24) is 4.90 Å². The Morgan fingerprint density at radius 3 is 2.67 bits per heavy atom. The number of likely N-dealkylation sites (tertiary alicyclic amines) is 1. The quantitative estimate of drug-likeness (QED) is 0.924. The number of carbonyl (C=O) groups is 1. The highest BCUT2D eigenvalue weighted by Crippen LogP contribution is 2.28. The maximum Gasteiger partial charge on any atom is 0.244 e. The van der Waals surface area contributed by atoms with Crippen LogP contribution in [0.3, 0.4) is 0 Å². The molecule has 1 heterocycles. The third-order valence-corrected chi connectivity index (χ3v) is 4.81. The zero-order chi connectivity index (χ0) is 14.7. The molecule has 3 heteroatoms. The Bertz CT molecular complexity index is 506. The van der Waals surface area contributed by atoms with E-state index in [0.29, 0.717) is 0 Å². The van der Waals surface area contributed by atoms with Crippen LogP contribution in [0.25, 0.3) is 0 Å². The zero-order valence-corrected chi connectivity index (χ0v) is 13.0. The summed E-state index contributed by atoms with van der Waals surface area (Å²) in [5.74, 6) is 0.253. The highest BCUT2D eigenvalue weighted by Gasteiger charge is 2.23. The molecule has 1 amide bonds. The fourth-order valence-electron chi connectivity index (χ4n) is 3.60. The normalized spacial score (nSPS) is 19.8. The Morgan fingerprint density at radius 2 is 1.86 bits per heavy atom. The molecule has 1 aliphatic carbocycles. The van der Waals surface area contributed by atoms with Crippen molar-refractivity contribution in [2.24, 2.45) is 0 Å². The molecule has 3 nitrogen and oxygen atoms in total. The van der Waals surface area contributed by atoms with Crippen molar-refractivity contribution in [3.05, 3.63) is 29.3 Å². The van der Waals surface area contributed by atoms with Gasteiger partial charge in [0, 0.05) is 18.8 Å². The van der Waals surface area contributed by atoms with Gasteiger partial charge in [-0.3, -0.25) is 4.79 Å². The first-order valence-corrected chi connectivity index (χ1v) is 8.42. The van der Waals surface area contributed by atoms with Crippen molar-refractivity contribution >= 4 is 11.6 Å². The van der Waals surface area contributed by atoms with Gasteiger partial charge in [0.15, 0.2) is 0 Å². The Kier molecular flexibility index (Phi) is 4.47. The van der Waals surface area contributed by atoms with Crippen LogP contribution >= 0.6 is 0 Å². The lowest BCUT2D eigenvalue weighted by atomic mass is 9.90. The Morgan fingerprint density at radius 1 is 1.10 bits per heavy atom. The van der Waals surface area contributed by atoms with E-state index in [0.717, 1.165) is 32.4 Å². The van der Waals surface area contributed by atoms with E-state index in [1.54, 1.807) is 0 Å². The second kappa shape index (κ2) is 6.50. The van der Waals surface area contributed by atoms with Crippen molar-refractivity contribution in [3.63, 3.8) is 0 Å². The summed E-state index contributed by atoms with van der Waals surface area (Å²) < 4.78 is 0. The molecule has 1 saturated heterocycles. The van der Waals surface area contributed by atoms with Gasteiger partial charge in [-0.15, -0.1) is 0 Å². The molecule has 2 aliphatic rings. The van der Waals surface area contributed by atoms with Crippen LogP contribution in [0, 0.1) is 0 Å². The summed E-state index contributed by atoms with van der Waals surface area (Å²) in [6, 6.07) is 6.35. The molecular formula is C18H26N2O. The van der Waals surface area contributed by atoms with Gasteiger partial charge in [-0.1, -0.05) is 12.1 Å². The SMILES string of the molecule is CC(Nc1cccc2c1CCCC2)C(=O)N1CCCCC1. The average molecular weight is 286 g/mol. The number of rotatable bonds is 3. The third kappa shape index (κ3) is 3.22. The van der Waals surface area contributed by atoms with E-state index >= 15 is 0 Å². The smallest absolute Gasteiger partial charge is 0.244 e. The van der Waals surface area contributed by atoms with Gasteiger partial charge in [0.2, 0.25) is 5.91 Å². The van der Waals surface area contributed by atoms with Gasteiger partial charge >= 0.3 is 0 Å². The average Bonchev–Trinajstić information content (AvgIpc) is 2.55. The lowest BCUT2D eigenvalue weighted by Crippen LogP contribution is -2.44. The number of fused-ring (bicyclic) bond motifs is 1. The summed E-state index contributed by atoms with van der Waals surface area (Å²) in [7, 11) is 0. The van der Waals surface area contributed by atoms with Crippen LogP contribution in [0.4, 0.5) is 5.69 Å². The molecule has 0 spiro atoms. The van der Waals surface area contributed by atoms with E-state index in [1.165, 1.54) is 42.5 Å². The number of aryl methyl sites for hydroxylation is 1. The summed E-state index contributed by atoms with van der Waals surface area (Å²) in [6.45, 7) is 3.86. The number of benzene rings is 1. The van der Waals surface area contributed by atoms with Crippen LogP contribution in [0.15, 0.2) is 18.2 Å². The monoisotopic (exact) mass is 286 g/mol. The Hall–Kier alpha value is -1.51. The third-order valence-electron chi connectivity index (χ3n) is 4.81. The maximum atomic E-state index is 12.5. The summed E-state index contributed by atoms with van der Waals surface area (Å²) in [5.41, 5.74) is 4.07. The first kappa shape index (κ1) is 14.4. The topological polar surface area (TPSA) is 32.3 Å². The van der Waals surface area contributed by atoms with Crippen LogP contribution < -0.4 is 5.32 Å². The molecule has 1 aromatic carbocycles. The lowest BCUT2D eigenvalue weighted by Gasteiger charge is -2.30. The predicted molar refractivity (Wildman–Crippen MR) is 86.6 cm³/mol. The molecule has 1 aliphatic heterocycles. The molecule has 0 aromatic heterocycles. The predicted octanol–water partition coefficient (Wildman–Crippen LogP) is 3.38. The summed E-state index contributed by atoms with van der Waals surface area (Å²) in [5, 5.41) is 3.48. The van der Waals surface area contributed by atoms with Gasteiger partial charge in [0.05, 0.1) is 0 Å². The molecular weight excluding hydrogens is 260 g/mol. The molecule has 0 bridgehead atoms. The van der Waals surface area contributed by atoms with Crippen LogP contribution in [0.1, 0.15) is 50.2 Å². The van der Waals surface area contributed by atoms with Crippen LogP contribution in [0.2, 0.25) is 0 Å². The fraction of sp³-hybridized carbons (Fsp3) is 0.611. The van der Waals surface area contributed by atoms with Gasteiger partial charge in [-0.2, -0.15) is 0 Å². The Labute approximate surface area is 127 Å². The summed E-state index contributed by atoms with van der Waals surface area (Å²) in [4.78, 5) is 14.6. The van der Waals surface area contributed by atoms with E-state index in [9.17, 15) is 4.79 Å². The molecule has 3 rings (SSSR count). The molecule has 1 unspecified atom stereocenters. The van der Waals surface area contributed by atoms with Crippen molar-refractivity contribution in [2.75, 3.05) is 18.4 Å². The molecule has 0 radical (unpaired) electrons. The van der Waals surface area contributed by atoms with E-state index in [2.05, 4.69) is 23.5 Å². The zero-order valence-electron chi connectivity index (χ0n) is 13.0. The van der Waals surface area contributed by atoms with Gasteiger partial charge in [-0.05, 0) is 69.1 Å². The van der Waals surface area contributed by atoms with Crippen molar-refractivity contribution in [2.45, 2.75) is 57.9 Å². The number of amides is 1. The molecule has 114 valence electrons. The van der Waals surface area contributed by atoms with Gasteiger partial charge in [0.1, 0.15) is 6.04 Å². The van der Waals surface area contributed by atoms with Gasteiger partial charge in [0.25, 0.3) is 0 Å². The van der Waals surface area contributed by atoms with Crippen molar-refractivity contribution in [1.29, 1.82) is 0 Å². The largest absolute Gasteiger partial charge is 0.374 e. The highest BCUT2D eigenvalue weighted by molar-refractivity contribution is 5.84. The maximum absolute atomic E-state index is 12.5. The number of anilines is 1. The summed E-state index contributed by atoms with van der Waals surface area (Å²) in [6.07, 6.45) is 8.44. The second-order valence-electron chi connectivity index (χ2n) is 6.40. The number of hydrogen-bond donors (Lipinski definition) is 1. The number of hydrogen-bond acceptors (Lipinski definition) is 2. The number of nitrogens with one attached hydrogen (secondary N) is 1. The lowest BCUT2D eigenvalue weighted by molar-refractivity contribution is -0.132. The van der Waals surface area contributed by atoms with Crippen LogP contribution in [0.5, 0.6) is 0 Å². The molecule has 1 N–H and O–H groups in total. The minimum atomic E-state index is -0.128. The number of nitrogens with zero attached hydrogens (tertiary/aromatic N) is 1. The van der Waals surface area contributed by atoms with Crippen molar-refractivity contribution in [3.8, 4) is 0 Å². The minimum absolute atomic E-state index is 0.128. The second-order valence-corrected chi connectivity index (χ2v) is 6.40. The van der Waals surface area contributed by atoms with Crippen LogP contribution in [-0.2, 0) is 17.6 Å². The standard InChI is InChI=1S/C18H26N2O/c1-14(18(21)20-12-5-2-6-13-20)19-17-11-7-9-15-8-3-4-10-16(15)17/h7,9,11,14,19H,2-6,8,10,12-13H2,1H3. The summed E-state index contributed by atoms with van der Waals surface area (Å²) >= 11 is 0. The van der Waals surface area contributed by atoms with Gasteiger partial charge < -0.3 is 10.2 Å². The van der Waals surface area contributed by atoms with Gasteiger partial charge in [-0.25, -0.2) is 0 Å². The molecule has 0 saturated carbocycles. The van der Waals surface area contributed by atoms with E-state index in [1.807, 2.05) is 11.8 Å².